The van der Waals surface area contributed by atoms with Gasteiger partial charge in [-0.15, -0.1) is 0 Å². The molecule has 2 heterocycles. The van der Waals surface area contributed by atoms with Gasteiger partial charge in [0.25, 0.3) is 5.56 Å². The molecule has 1 saturated heterocycles. The van der Waals surface area contributed by atoms with Crippen molar-refractivity contribution in [3.05, 3.63) is 26.6 Å². The Kier molecular flexibility index (Phi) is 3.48. The summed E-state index contributed by atoms with van der Waals surface area (Å²) in [6, 6.07) is 0. The lowest BCUT2D eigenvalue weighted by atomic mass is 10.1. The fourth-order valence-electron chi connectivity index (χ4n) is 1.97. The van der Waals surface area contributed by atoms with Gasteiger partial charge in [-0.3, -0.25) is 4.79 Å². The summed E-state index contributed by atoms with van der Waals surface area (Å²) in [5.74, 6) is 0. The Bertz CT molecular complexity index is 485. The number of rotatable bonds is 2. The largest absolute Gasteiger partial charge is 0.370 e. The van der Waals surface area contributed by atoms with Gasteiger partial charge in [-0.05, 0) is 26.7 Å². The molecule has 17 heavy (non-hydrogen) atoms. The van der Waals surface area contributed by atoms with Gasteiger partial charge in [-0.1, -0.05) is 23.2 Å². The van der Waals surface area contributed by atoms with Crippen LogP contribution < -0.4 is 5.56 Å². The molecule has 2 rings (SSSR count). The fraction of sp³-hybridized carbons (Fsp3) is 0.636. The number of aromatic nitrogens is 2. The van der Waals surface area contributed by atoms with Gasteiger partial charge in [-0.25, -0.2) is 4.68 Å². The molecular formula is C11H14Cl2N2O2. The molecule has 4 nitrogen and oxygen atoms in total. The minimum absolute atomic E-state index is 0.00689. The standard InChI is InChI=1S/C11H14Cl2N2O2/c1-11(2)4-3-7(17-11)6-15-10(16)9(13)8(12)5-14-15/h5,7H,3-4,6H2,1-2H3. The first kappa shape index (κ1) is 12.9. The van der Waals surface area contributed by atoms with E-state index in [1.165, 1.54) is 10.9 Å². The molecule has 1 unspecified atom stereocenters. The van der Waals surface area contributed by atoms with Crippen LogP contribution in [-0.4, -0.2) is 21.5 Å². The second-order valence-corrected chi connectivity index (χ2v) is 5.62. The molecule has 1 aromatic heterocycles. The second kappa shape index (κ2) is 4.59. The van der Waals surface area contributed by atoms with Crippen LogP contribution in [0.1, 0.15) is 26.7 Å². The summed E-state index contributed by atoms with van der Waals surface area (Å²) in [6.07, 6.45) is 3.29. The van der Waals surface area contributed by atoms with E-state index in [4.69, 9.17) is 27.9 Å². The smallest absolute Gasteiger partial charge is 0.287 e. The van der Waals surface area contributed by atoms with Gasteiger partial charge in [0.05, 0.1) is 29.5 Å². The molecule has 0 spiro atoms. The SMILES string of the molecule is CC1(C)CCC(Cn2ncc(Cl)c(Cl)c2=O)O1. The molecule has 1 fully saturated rings. The maximum absolute atomic E-state index is 11.8. The highest BCUT2D eigenvalue weighted by Crippen LogP contribution is 2.29. The predicted molar refractivity (Wildman–Crippen MR) is 66.7 cm³/mol. The lowest BCUT2D eigenvalue weighted by Crippen LogP contribution is -2.30. The van der Waals surface area contributed by atoms with Gasteiger partial charge >= 0.3 is 0 Å². The molecule has 0 bridgehead atoms. The topological polar surface area (TPSA) is 44.1 Å². The van der Waals surface area contributed by atoms with Gasteiger partial charge in [0.2, 0.25) is 0 Å². The number of nitrogens with zero attached hydrogens (tertiary/aromatic N) is 2. The molecule has 1 aliphatic heterocycles. The number of ether oxygens (including phenoxy) is 1. The van der Waals surface area contributed by atoms with Crippen LogP contribution in [0.3, 0.4) is 0 Å². The molecule has 0 saturated carbocycles. The number of hydrogen-bond donors (Lipinski definition) is 0. The van der Waals surface area contributed by atoms with E-state index in [0.29, 0.717) is 6.54 Å². The van der Waals surface area contributed by atoms with Gasteiger partial charge < -0.3 is 4.74 Å². The van der Waals surface area contributed by atoms with Crippen LogP contribution in [-0.2, 0) is 11.3 Å². The molecular weight excluding hydrogens is 263 g/mol. The monoisotopic (exact) mass is 276 g/mol. The lowest BCUT2D eigenvalue weighted by Gasteiger charge is -2.19. The van der Waals surface area contributed by atoms with E-state index < -0.39 is 0 Å². The van der Waals surface area contributed by atoms with E-state index >= 15 is 0 Å². The second-order valence-electron chi connectivity index (χ2n) is 4.83. The molecule has 0 amide bonds. The minimum Gasteiger partial charge on any atom is -0.370 e. The molecule has 94 valence electrons. The van der Waals surface area contributed by atoms with Crippen LogP contribution in [0.2, 0.25) is 10.0 Å². The normalized spacial score (nSPS) is 22.9. The van der Waals surface area contributed by atoms with Crippen LogP contribution in [0.5, 0.6) is 0 Å². The number of halogens is 2. The Morgan fingerprint density at radius 3 is 2.88 bits per heavy atom. The molecule has 1 atom stereocenters. The van der Waals surface area contributed by atoms with Crippen molar-refractivity contribution in [2.24, 2.45) is 0 Å². The van der Waals surface area contributed by atoms with Gasteiger partial charge in [0.15, 0.2) is 0 Å². The van der Waals surface area contributed by atoms with Crippen molar-refractivity contribution in [2.45, 2.75) is 44.9 Å². The molecule has 0 aromatic carbocycles. The van der Waals surface area contributed by atoms with Gasteiger partial charge in [0.1, 0.15) is 5.02 Å². The third-order valence-electron chi connectivity index (χ3n) is 2.87. The predicted octanol–water partition coefficient (Wildman–Crippen LogP) is 2.51. The van der Waals surface area contributed by atoms with E-state index in [9.17, 15) is 4.79 Å². The molecule has 1 aliphatic rings. The highest BCUT2D eigenvalue weighted by molar-refractivity contribution is 6.41. The van der Waals surface area contributed by atoms with Crippen molar-refractivity contribution in [1.82, 2.24) is 9.78 Å². The summed E-state index contributed by atoms with van der Waals surface area (Å²) >= 11 is 11.5. The lowest BCUT2D eigenvalue weighted by molar-refractivity contribution is -0.0235. The highest BCUT2D eigenvalue weighted by Gasteiger charge is 2.32. The zero-order chi connectivity index (χ0) is 12.6. The van der Waals surface area contributed by atoms with Crippen LogP contribution in [0.25, 0.3) is 0 Å². The summed E-state index contributed by atoms with van der Waals surface area (Å²) in [7, 11) is 0. The Labute approximate surface area is 109 Å². The van der Waals surface area contributed by atoms with E-state index in [-0.39, 0.29) is 27.3 Å². The average molecular weight is 277 g/mol. The van der Waals surface area contributed by atoms with E-state index in [2.05, 4.69) is 5.10 Å². The van der Waals surface area contributed by atoms with Crippen molar-refractivity contribution in [3.8, 4) is 0 Å². The summed E-state index contributed by atoms with van der Waals surface area (Å²) in [6.45, 7) is 4.50. The van der Waals surface area contributed by atoms with E-state index in [1.807, 2.05) is 13.8 Å². The first-order valence-electron chi connectivity index (χ1n) is 5.48. The molecule has 1 aromatic rings. The van der Waals surface area contributed by atoms with Crippen molar-refractivity contribution in [2.75, 3.05) is 0 Å². The Morgan fingerprint density at radius 2 is 2.29 bits per heavy atom. The van der Waals surface area contributed by atoms with Crippen molar-refractivity contribution < 1.29 is 4.74 Å². The quantitative estimate of drug-likeness (QED) is 0.834. The van der Waals surface area contributed by atoms with Crippen LogP contribution >= 0.6 is 23.2 Å². The average Bonchev–Trinajstić information content (AvgIpc) is 2.59. The van der Waals surface area contributed by atoms with Gasteiger partial charge in [-0.2, -0.15) is 5.10 Å². The Balaban J connectivity index is 2.16. The van der Waals surface area contributed by atoms with E-state index in [0.717, 1.165) is 12.8 Å². The van der Waals surface area contributed by atoms with Crippen LogP contribution in [0.15, 0.2) is 11.0 Å². The Morgan fingerprint density at radius 1 is 1.59 bits per heavy atom. The van der Waals surface area contributed by atoms with E-state index in [1.54, 1.807) is 0 Å². The van der Waals surface area contributed by atoms with Crippen molar-refractivity contribution in [3.63, 3.8) is 0 Å². The summed E-state index contributed by atoms with van der Waals surface area (Å²) < 4.78 is 7.11. The minimum atomic E-state index is -0.368. The molecule has 0 radical (unpaired) electrons. The van der Waals surface area contributed by atoms with Crippen LogP contribution in [0, 0.1) is 0 Å². The van der Waals surface area contributed by atoms with Crippen LogP contribution in [0.4, 0.5) is 0 Å². The van der Waals surface area contributed by atoms with Crippen molar-refractivity contribution >= 4 is 23.2 Å². The fourth-order valence-corrected chi connectivity index (χ4v) is 2.24. The first-order chi connectivity index (χ1) is 7.89. The third-order valence-corrected chi connectivity index (χ3v) is 3.62. The highest BCUT2D eigenvalue weighted by atomic mass is 35.5. The maximum atomic E-state index is 11.8. The zero-order valence-electron chi connectivity index (χ0n) is 9.74. The Hall–Kier alpha value is -0.580. The van der Waals surface area contributed by atoms with Gasteiger partial charge in [0, 0.05) is 0 Å². The van der Waals surface area contributed by atoms with Crippen molar-refractivity contribution in [1.29, 1.82) is 0 Å². The third kappa shape index (κ3) is 2.81. The summed E-state index contributed by atoms with van der Waals surface area (Å²) in [5, 5.41) is 4.15. The number of hydrogen-bond acceptors (Lipinski definition) is 3. The molecule has 6 heteroatoms. The molecule has 0 aliphatic carbocycles. The first-order valence-corrected chi connectivity index (χ1v) is 6.23. The summed E-state index contributed by atoms with van der Waals surface area (Å²) in [4.78, 5) is 11.8. The summed E-state index contributed by atoms with van der Waals surface area (Å²) in [5.41, 5.74) is -0.489. The molecule has 0 N–H and O–H groups in total. The zero-order valence-corrected chi connectivity index (χ0v) is 11.3. The maximum Gasteiger partial charge on any atom is 0.287 e.